The maximum Gasteiger partial charge on any atom is 0.247 e. The van der Waals surface area contributed by atoms with Crippen molar-refractivity contribution in [2.45, 2.75) is 13.3 Å². The molecule has 2 amide bonds. The largest absolute Gasteiger partial charge is 0.330 e. The highest BCUT2D eigenvalue weighted by atomic mass is 19.2. The molecular formula is C20H19F3N2O2. The molecule has 0 aliphatic carbocycles. The first-order chi connectivity index (χ1) is 12.9. The van der Waals surface area contributed by atoms with Gasteiger partial charge in [-0.05, 0) is 30.2 Å². The van der Waals surface area contributed by atoms with Crippen LogP contribution in [0.2, 0.25) is 0 Å². The van der Waals surface area contributed by atoms with Gasteiger partial charge in [0.15, 0.2) is 17.5 Å². The van der Waals surface area contributed by atoms with E-state index in [9.17, 15) is 22.8 Å². The van der Waals surface area contributed by atoms with Gasteiger partial charge < -0.3 is 10.2 Å². The minimum atomic E-state index is -1.67. The molecule has 0 unspecified atom stereocenters. The molecule has 0 aromatic heterocycles. The van der Waals surface area contributed by atoms with Crippen molar-refractivity contribution in [2.24, 2.45) is 0 Å². The SMILES string of the molecule is CCCN(CC(=O)Nc1ccc(F)c(F)c1F)C(=O)/C=C/c1ccccc1. The number of nitrogens with zero attached hydrogens (tertiary/aromatic N) is 1. The molecule has 4 nitrogen and oxygen atoms in total. The summed E-state index contributed by atoms with van der Waals surface area (Å²) in [6.07, 6.45) is 3.58. The van der Waals surface area contributed by atoms with E-state index in [1.165, 1.54) is 11.0 Å². The lowest BCUT2D eigenvalue weighted by Gasteiger charge is -2.20. The smallest absolute Gasteiger partial charge is 0.247 e. The second-order valence-corrected chi connectivity index (χ2v) is 5.77. The fourth-order valence-corrected chi connectivity index (χ4v) is 2.36. The zero-order valence-corrected chi connectivity index (χ0v) is 14.7. The van der Waals surface area contributed by atoms with Crippen LogP contribution in [0.15, 0.2) is 48.5 Å². The van der Waals surface area contributed by atoms with E-state index in [-0.39, 0.29) is 12.5 Å². The van der Waals surface area contributed by atoms with Crippen LogP contribution in [0.4, 0.5) is 18.9 Å². The monoisotopic (exact) mass is 376 g/mol. The summed E-state index contributed by atoms with van der Waals surface area (Å²) in [6, 6.07) is 10.8. The van der Waals surface area contributed by atoms with Crippen LogP contribution >= 0.6 is 0 Å². The Bertz CT molecular complexity index is 839. The van der Waals surface area contributed by atoms with Crippen molar-refractivity contribution in [1.29, 1.82) is 0 Å². The van der Waals surface area contributed by atoms with Gasteiger partial charge in [0, 0.05) is 12.6 Å². The molecule has 2 aromatic carbocycles. The summed E-state index contributed by atoms with van der Waals surface area (Å²) < 4.78 is 39.8. The van der Waals surface area contributed by atoms with Crippen molar-refractivity contribution in [3.8, 4) is 0 Å². The Labute approximate surface area is 155 Å². The molecule has 0 aliphatic heterocycles. The van der Waals surface area contributed by atoms with Gasteiger partial charge in [-0.2, -0.15) is 0 Å². The number of hydrogen-bond donors (Lipinski definition) is 1. The highest BCUT2D eigenvalue weighted by Gasteiger charge is 2.18. The van der Waals surface area contributed by atoms with Gasteiger partial charge in [0.05, 0.1) is 5.69 Å². The molecule has 0 saturated carbocycles. The van der Waals surface area contributed by atoms with E-state index in [4.69, 9.17) is 0 Å². The fraction of sp³-hybridized carbons (Fsp3) is 0.200. The van der Waals surface area contributed by atoms with Crippen molar-refractivity contribution in [3.63, 3.8) is 0 Å². The Morgan fingerprint density at radius 1 is 1.04 bits per heavy atom. The number of halogens is 3. The number of hydrogen-bond acceptors (Lipinski definition) is 2. The second kappa shape index (κ2) is 9.56. The van der Waals surface area contributed by atoms with E-state index in [1.54, 1.807) is 6.08 Å². The number of carbonyl (C=O) groups is 2. The molecule has 0 spiro atoms. The minimum Gasteiger partial charge on any atom is -0.330 e. The van der Waals surface area contributed by atoms with Gasteiger partial charge in [-0.3, -0.25) is 9.59 Å². The Morgan fingerprint density at radius 2 is 1.74 bits per heavy atom. The Hall–Kier alpha value is -3.09. The fourth-order valence-electron chi connectivity index (χ4n) is 2.36. The molecule has 1 N–H and O–H groups in total. The lowest BCUT2D eigenvalue weighted by atomic mass is 10.2. The highest BCUT2D eigenvalue weighted by Crippen LogP contribution is 2.19. The Balaban J connectivity index is 2.04. The number of carbonyl (C=O) groups excluding carboxylic acids is 2. The third-order valence-electron chi connectivity index (χ3n) is 3.67. The predicted molar refractivity (Wildman–Crippen MR) is 97.3 cm³/mol. The molecule has 2 aromatic rings. The molecule has 0 atom stereocenters. The van der Waals surface area contributed by atoms with Gasteiger partial charge in [-0.15, -0.1) is 0 Å². The quantitative estimate of drug-likeness (QED) is 0.587. The van der Waals surface area contributed by atoms with E-state index >= 15 is 0 Å². The summed E-state index contributed by atoms with van der Waals surface area (Å²) >= 11 is 0. The molecule has 27 heavy (non-hydrogen) atoms. The molecule has 0 fully saturated rings. The molecule has 0 aliphatic rings. The second-order valence-electron chi connectivity index (χ2n) is 5.77. The van der Waals surface area contributed by atoms with Gasteiger partial charge in [-0.25, -0.2) is 13.2 Å². The first-order valence-corrected chi connectivity index (χ1v) is 8.37. The van der Waals surface area contributed by atoms with E-state index in [0.29, 0.717) is 19.0 Å². The molecule has 2 rings (SSSR count). The van der Waals surface area contributed by atoms with Crippen molar-refractivity contribution in [3.05, 3.63) is 71.6 Å². The average Bonchev–Trinajstić information content (AvgIpc) is 2.67. The minimum absolute atomic E-state index is 0.311. The Morgan fingerprint density at radius 3 is 2.41 bits per heavy atom. The number of amides is 2. The van der Waals surface area contributed by atoms with Crippen molar-refractivity contribution >= 4 is 23.6 Å². The van der Waals surface area contributed by atoms with Crippen molar-refractivity contribution < 1.29 is 22.8 Å². The molecule has 0 bridgehead atoms. The lowest BCUT2D eigenvalue weighted by molar-refractivity contribution is -0.130. The third kappa shape index (κ3) is 5.70. The maximum atomic E-state index is 13.7. The Kier molecular flexibility index (Phi) is 7.16. The standard InChI is InChI=1S/C20H19F3N2O2/c1-2-12-25(18(27)11-8-14-6-4-3-5-7-14)13-17(26)24-16-10-9-15(21)19(22)20(16)23/h3-11H,2,12-13H2,1H3,(H,24,26)/b11-8+. The number of rotatable bonds is 7. The van der Waals surface area contributed by atoms with Crippen molar-refractivity contribution in [1.82, 2.24) is 4.90 Å². The van der Waals surface area contributed by atoms with Crippen LogP contribution < -0.4 is 5.32 Å². The van der Waals surface area contributed by atoms with E-state index in [2.05, 4.69) is 5.32 Å². The summed E-state index contributed by atoms with van der Waals surface area (Å²) in [5.41, 5.74) is 0.346. The lowest BCUT2D eigenvalue weighted by Crippen LogP contribution is -2.37. The van der Waals surface area contributed by atoms with Crippen LogP contribution in [0.3, 0.4) is 0 Å². The van der Waals surface area contributed by atoms with Crippen LogP contribution in [0.1, 0.15) is 18.9 Å². The third-order valence-corrected chi connectivity index (χ3v) is 3.67. The molecular weight excluding hydrogens is 357 g/mol. The average molecular weight is 376 g/mol. The van der Waals surface area contributed by atoms with Gasteiger partial charge in [-0.1, -0.05) is 37.3 Å². The molecule has 0 heterocycles. The topological polar surface area (TPSA) is 49.4 Å². The summed E-state index contributed by atoms with van der Waals surface area (Å²) in [7, 11) is 0. The number of benzene rings is 2. The number of nitrogens with one attached hydrogen (secondary N) is 1. The van der Waals surface area contributed by atoms with Crippen LogP contribution in [0.5, 0.6) is 0 Å². The first kappa shape index (κ1) is 20.2. The molecule has 7 heteroatoms. The first-order valence-electron chi connectivity index (χ1n) is 8.37. The van der Waals surface area contributed by atoms with Gasteiger partial charge in [0.1, 0.15) is 6.54 Å². The molecule has 0 radical (unpaired) electrons. The van der Waals surface area contributed by atoms with Crippen LogP contribution in [0, 0.1) is 17.5 Å². The van der Waals surface area contributed by atoms with Gasteiger partial charge >= 0.3 is 0 Å². The predicted octanol–water partition coefficient (Wildman–Crippen LogP) is 3.99. The van der Waals surface area contributed by atoms with Gasteiger partial charge in [0.25, 0.3) is 0 Å². The zero-order chi connectivity index (χ0) is 19.8. The normalized spacial score (nSPS) is 10.8. The van der Waals surface area contributed by atoms with E-state index in [0.717, 1.165) is 11.6 Å². The summed E-state index contributed by atoms with van der Waals surface area (Å²) in [6.45, 7) is 1.81. The van der Waals surface area contributed by atoms with Crippen molar-refractivity contribution in [2.75, 3.05) is 18.4 Å². The van der Waals surface area contributed by atoms with Crippen LogP contribution in [-0.2, 0) is 9.59 Å². The van der Waals surface area contributed by atoms with Crippen LogP contribution in [-0.4, -0.2) is 29.8 Å². The van der Waals surface area contributed by atoms with Crippen LogP contribution in [0.25, 0.3) is 6.08 Å². The molecule has 142 valence electrons. The highest BCUT2D eigenvalue weighted by molar-refractivity contribution is 5.98. The van der Waals surface area contributed by atoms with Gasteiger partial charge in [0.2, 0.25) is 11.8 Å². The summed E-state index contributed by atoms with van der Waals surface area (Å²) in [5, 5.41) is 2.16. The summed E-state index contributed by atoms with van der Waals surface area (Å²) in [4.78, 5) is 25.7. The van der Waals surface area contributed by atoms with E-state index < -0.39 is 29.0 Å². The zero-order valence-electron chi connectivity index (χ0n) is 14.7. The summed E-state index contributed by atoms with van der Waals surface area (Å²) in [5.74, 6) is -5.60. The molecule has 0 saturated heterocycles. The maximum absolute atomic E-state index is 13.7. The number of anilines is 1. The van der Waals surface area contributed by atoms with E-state index in [1.807, 2.05) is 37.3 Å².